The molecule has 4 aromatic rings. The van der Waals surface area contributed by atoms with Crippen molar-refractivity contribution in [3.05, 3.63) is 81.4 Å². The van der Waals surface area contributed by atoms with E-state index < -0.39 is 0 Å². The van der Waals surface area contributed by atoms with Crippen LogP contribution in [0.15, 0.2) is 65.3 Å². The molecule has 0 aliphatic heterocycles. The number of halogens is 2. The number of benzene rings is 2. The van der Waals surface area contributed by atoms with Crippen LogP contribution in [0.4, 0.5) is 5.82 Å². The quantitative estimate of drug-likeness (QED) is 0.282. The predicted octanol–water partition coefficient (Wildman–Crippen LogP) is 6.48. The Hall–Kier alpha value is -2.90. The SMILES string of the molecule is CC(C)(C)CC(=O)NCc1ccc(CNc2cc(-c3ccccc3Cl)nc3c(Br)cnn23)cc1. The van der Waals surface area contributed by atoms with Crippen LogP contribution in [0.25, 0.3) is 16.9 Å². The zero-order valence-corrected chi connectivity index (χ0v) is 21.7. The van der Waals surface area contributed by atoms with Crippen LogP contribution in [0.2, 0.25) is 5.02 Å². The summed E-state index contributed by atoms with van der Waals surface area (Å²) in [5, 5.41) is 11.5. The average molecular weight is 541 g/mol. The molecule has 2 N–H and O–H groups in total. The van der Waals surface area contributed by atoms with E-state index in [1.165, 1.54) is 0 Å². The second-order valence-corrected chi connectivity index (χ2v) is 10.7. The zero-order chi connectivity index (χ0) is 24.3. The van der Waals surface area contributed by atoms with Gasteiger partial charge in [0.15, 0.2) is 5.65 Å². The summed E-state index contributed by atoms with van der Waals surface area (Å²) in [6.07, 6.45) is 2.24. The summed E-state index contributed by atoms with van der Waals surface area (Å²) >= 11 is 9.95. The van der Waals surface area contributed by atoms with Crippen molar-refractivity contribution in [3.63, 3.8) is 0 Å². The van der Waals surface area contributed by atoms with Crippen LogP contribution in [0.1, 0.15) is 38.3 Å². The van der Waals surface area contributed by atoms with Gasteiger partial charge in [0, 0.05) is 36.2 Å². The molecule has 2 aromatic heterocycles. The number of hydrogen-bond acceptors (Lipinski definition) is 4. The molecule has 0 saturated heterocycles. The van der Waals surface area contributed by atoms with Crippen molar-refractivity contribution in [1.29, 1.82) is 0 Å². The molecule has 0 fully saturated rings. The summed E-state index contributed by atoms with van der Waals surface area (Å²) in [5.41, 5.74) is 4.49. The van der Waals surface area contributed by atoms with Crippen LogP contribution in [-0.4, -0.2) is 20.5 Å². The Bertz CT molecular complexity index is 1310. The smallest absolute Gasteiger partial charge is 0.220 e. The average Bonchev–Trinajstić information content (AvgIpc) is 3.17. The molecule has 2 aromatic carbocycles. The Balaban J connectivity index is 1.47. The fraction of sp³-hybridized carbons (Fsp3) is 0.269. The third kappa shape index (κ3) is 5.96. The maximum Gasteiger partial charge on any atom is 0.220 e. The Morgan fingerprint density at radius 2 is 1.74 bits per heavy atom. The molecule has 0 saturated carbocycles. The van der Waals surface area contributed by atoms with Gasteiger partial charge in [-0.1, -0.05) is 74.8 Å². The molecular weight excluding hydrogens is 514 g/mol. The van der Waals surface area contributed by atoms with Gasteiger partial charge in [-0.05, 0) is 38.5 Å². The fourth-order valence-corrected chi connectivity index (χ4v) is 4.16. The second-order valence-electron chi connectivity index (χ2n) is 9.42. The molecule has 0 aliphatic rings. The minimum Gasteiger partial charge on any atom is -0.366 e. The maximum atomic E-state index is 12.1. The standard InChI is InChI=1S/C26H27BrClN5O/c1-26(2,3)13-24(34)30-15-18-10-8-17(9-11-18)14-29-23-12-22(19-6-4-5-7-21(19)28)32-25-20(27)16-31-33(23)25/h4-12,16,29H,13-15H2,1-3H3,(H,30,34). The van der Waals surface area contributed by atoms with Gasteiger partial charge in [0.25, 0.3) is 0 Å². The van der Waals surface area contributed by atoms with Gasteiger partial charge in [0.2, 0.25) is 5.91 Å². The van der Waals surface area contributed by atoms with Crippen molar-refractivity contribution in [2.24, 2.45) is 5.41 Å². The van der Waals surface area contributed by atoms with Crippen molar-refractivity contribution in [3.8, 4) is 11.3 Å². The summed E-state index contributed by atoms with van der Waals surface area (Å²) < 4.78 is 2.58. The molecule has 176 valence electrons. The molecule has 4 rings (SSSR count). The molecule has 6 nitrogen and oxygen atoms in total. The van der Waals surface area contributed by atoms with Gasteiger partial charge >= 0.3 is 0 Å². The molecule has 34 heavy (non-hydrogen) atoms. The van der Waals surface area contributed by atoms with E-state index in [0.29, 0.717) is 30.2 Å². The monoisotopic (exact) mass is 539 g/mol. The van der Waals surface area contributed by atoms with Gasteiger partial charge in [-0.25, -0.2) is 4.98 Å². The third-order valence-corrected chi connectivity index (χ3v) is 6.14. The van der Waals surface area contributed by atoms with Crippen LogP contribution >= 0.6 is 27.5 Å². The summed E-state index contributed by atoms with van der Waals surface area (Å²) in [6, 6.07) is 17.8. The van der Waals surface area contributed by atoms with Crippen LogP contribution in [0, 0.1) is 5.41 Å². The molecule has 2 heterocycles. The van der Waals surface area contributed by atoms with E-state index in [4.69, 9.17) is 16.6 Å². The number of anilines is 1. The third-order valence-electron chi connectivity index (χ3n) is 5.26. The maximum absolute atomic E-state index is 12.1. The molecule has 0 spiro atoms. The molecule has 1 amide bonds. The van der Waals surface area contributed by atoms with Crippen molar-refractivity contribution in [1.82, 2.24) is 19.9 Å². The van der Waals surface area contributed by atoms with E-state index in [1.54, 1.807) is 10.7 Å². The van der Waals surface area contributed by atoms with Gasteiger partial charge < -0.3 is 10.6 Å². The van der Waals surface area contributed by atoms with Crippen LogP contribution in [-0.2, 0) is 17.9 Å². The van der Waals surface area contributed by atoms with E-state index in [0.717, 1.165) is 32.7 Å². The van der Waals surface area contributed by atoms with E-state index in [1.807, 2.05) is 42.5 Å². The summed E-state index contributed by atoms with van der Waals surface area (Å²) in [4.78, 5) is 16.8. The van der Waals surface area contributed by atoms with Crippen molar-refractivity contribution < 1.29 is 4.79 Å². The Kier molecular flexibility index (Phi) is 7.24. The summed E-state index contributed by atoms with van der Waals surface area (Å²) in [7, 11) is 0. The number of nitrogens with zero attached hydrogens (tertiary/aromatic N) is 3. The van der Waals surface area contributed by atoms with E-state index >= 15 is 0 Å². The first-order valence-electron chi connectivity index (χ1n) is 11.1. The lowest BCUT2D eigenvalue weighted by atomic mass is 9.92. The first kappa shape index (κ1) is 24.2. The number of nitrogens with one attached hydrogen (secondary N) is 2. The number of carbonyl (C=O) groups is 1. The van der Waals surface area contributed by atoms with Crippen LogP contribution in [0.3, 0.4) is 0 Å². The minimum absolute atomic E-state index is 0.0200. The van der Waals surface area contributed by atoms with Gasteiger partial charge in [0.05, 0.1) is 16.4 Å². The highest BCUT2D eigenvalue weighted by Crippen LogP contribution is 2.30. The van der Waals surface area contributed by atoms with E-state index in [-0.39, 0.29) is 11.3 Å². The van der Waals surface area contributed by atoms with Crippen LogP contribution < -0.4 is 10.6 Å². The Morgan fingerprint density at radius 1 is 1.06 bits per heavy atom. The lowest BCUT2D eigenvalue weighted by Crippen LogP contribution is -2.27. The number of aromatic nitrogens is 3. The largest absolute Gasteiger partial charge is 0.366 e. The number of hydrogen-bond donors (Lipinski definition) is 2. The van der Waals surface area contributed by atoms with Gasteiger partial charge in [0.1, 0.15) is 5.82 Å². The molecule has 0 bridgehead atoms. The van der Waals surface area contributed by atoms with E-state index in [2.05, 4.69) is 64.6 Å². The summed E-state index contributed by atoms with van der Waals surface area (Å²) in [6.45, 7) is 7.31. The number of rotatable bonds is 7. The van der Waals surface area contributed by atoms with E-state index in [9.17, 15) is 4.79 Å². The normalized spacial score (nSPS) is 11.6. The van der Waals surface area contributed by atoms with Crippen LogP contribution in [0.5, 0.6) is 0 Å². The number of carbonyl (C=O) groups excluding carboxylic acids is 1. The molecule has 0 unspecified atom stereocenters. The van der Waals surface area contributed by atoms with Crippen molar-refractivity contribution in [2.75, 3.05) is 5.32 Å². The molecule has 0 aliphatic carbocycles. The number of amides is 1. The van der Waals surface area contributed by atoms with Gasteiger partial charge in [-0.15, -0.1) is 0 Å². The molecule has 8 heteroatoms. The predicted molar refractivity (Wildman–Crippen MR) is 141 cm³/mol. The molecule has 0 atom stereocenters. The fourth-order valence-electron chi connectivity index (χ4n) is 3.58. The Morgan fingerprint density at radius 3 is 2.41 bits per heavy atom. The molecule has 0 radical (unpaired) electrons. The first-order chi connectivity index (χ1) is 16.2. The van der Waals surface area contributed by atoms with Crippen molar-refractivity contribution in [2.45, 2.75) is 40.3 Å². The first-order valence-corrected chi connectivity index (χ1v) is 12.2. The van der Waals surface area contributed by atoms with Crippen molar-refractivity contribution >= 4 is 44.9 Å². The minimum atomic E-state index is -0.0200. The highest BCUT2D eigenvalue weighted by Gasteiger charge is 2.16. The van der Waals surface area contributed by atoms with Gasteiger partial charge in [-0.3, -0.25) is 4.79 Å². The highest BCUT2D eigenvalue weighted by molar-refractivity contribution is 9.10. The van der Waals surface area contributed by atoms with Gasteiger partial charge in [-0.2, -0.15) is 9.61 Å². The number of fused-ring (bicyclic) bond motifs is 1. The summed E-state index contributed by atoms with van der Waals surface area (Å²) in [5.74, 6) is 0.879. The Labute approximate surface area is 212 Å². The highest BCUT2D eigenvalue weighted by atomic mass is 79.9. The molecular formula is C26H27BrClN5O. The second kappa shape index (κ2) is 10.2. The lowest BCUT2D eigenvalue weighted by molar-refractivity contribution is -0.122. The topological polar surface area (TPSA) is 71.3 Å². The zero-order valence-electron chi connectivity index (χ0n) is 19.4. The lowest BCUT2D eigenvalue weighted by Gasteiger charge is -2.17.